The van der Waals surface area contributed by atoms with E-state index in [1.165, 1.54) is 116 Å². The van der Waals surface area contributed by atoms with Gasteiger partial charge in [-0.3, -0.25) is 0 Å². The van der Waals surface area contributed by atoms with Crippen molar-refractivity contribution in [3.05, 3.63) is 12.2 Å². The molecule has 232 valence electrons. The summed E-state index contributed by atoms with van der Waals surface area (Å²) in [5, 5.41) is 0. The normalized spacial score (nSPS) is 11.9. The molecule has 0 heterocycles. The highest BCUT2D eigenvalue weighted by Gasteiger charge is 2.29. The van der Waals surface area contributed by atoms with Crippen molar-refractivity contribution < 1.29 is 9.47 Å². The van der Waals surface area contributed by atoms with Gasteiger partial charge in [0.2, 0.25) is 0 Å². The minimum Gasteiger partial charge on any atom is -0.381 e. The topological polar surface area (TPSA) is 18.5 Å². The van der Waals surface area contributed by atoms with Gasteiger partial charge in [0.25, 0.3) is 0 Å². The Morgan fingerprint density at radius 1 is 0.474 bits per heavy atom. The molecule has 0 rings (SSSR count). The van der Waals surface area contributed by atoms with E-state index >= 15 is 0 Å². The summed E-state index contributed by atoms with van der Waals surface area (Å²) in [4.78, 5) is 0. The molecule has 2 heteroatoms. The zero-order valence-electron chi connectivity index (χ0n) is 27.2. The molecule has 0 aromatic rings. The van der Waals surface area contributed by atoms with Gasteiger partial charge >= 0.3 is 0 Å². The number of allylic oxidation sites excluding steroid dienone is 1. The summed E-state index contributed by atoms with van der Waals surface area (Å²) in [5.41, 5.74) is 0.931. The molecule has 38 heavy (non-hydrogen) atoms. The van der Waals surface area contributed by atoms with E-state index < -0.39 is 0 Å². The molecular weight excluding hydrogens is 464 g/mol. The van der Waals surface area contributed by atoms with Gasteiger partial charge in [0.15, 0.2) is 0 Å². The number of ether oxygens (including phenoxy) is 2. The fourth-order valence-electron chi connectivity index (χ4n) is 5.37. The van der Waals surface area contributed by atoms with Crippen LogP contribution in [0.15, 0.2) is 12.2 Å². The van der Waals surface area contributed by atoms with E-state index in [0.717, 1.165) is 32.8 Å². The van der Waals surface area contributed by atoms with Gasteiger partial charge in [-0.15, -0.1) is 0 Å². The van der Waals surface area contributed by atoms with Crippen LogP contribution in [0.3, 0.4) is 0 Å². The Morgan fingerprint density at radius 2 is 0.789 bits per heavy atom. The Hall–Kier alpha value is -0.340. The van der Waals surface area contributed by atoms with Crippen LogP contribution in [0.25, 0.3) is 0 Å². The van der Waals surface area contributed by atoms with Crippen molar-refractivity contribution in [1.29, 1.82) is 0 Å². The molecule has 0 aromatic heterocycles. The molecule has 0 fully saturated rings. The smallest absolute Gasteiger partial charge is 0.0647 e. The van der Waals surface area contributed by atoms with E-state index in [4.69, 9.17) is 9.47 Å². The molecule has 0 atom stereocenters. The summed E-state index contributed by atoms with van der Waals surface area (Å²) in [6.45, 7) is 21.7. The molecule has 0 spiro atoms. The third-order valence-corrected chi connectivity index (χ3v) is 7.98. The maximum absolute atomic E-state index is 5.94. The maximum Gasteiger partial charge on any atom is 0.0647 e. The Morgan fingerprint density at radius 3 is 1.05 bits per heavy atom. The molecule has 0 radical (unpaired) electrons. The molecule has 0 aliphatic rings. The summed E-state index contributed by atoms with van der Waals surface area (Å²) < 4.78 is 11.9. The number of rotatable bonds is 26. The van der Waals surface area contributed by atoms with Gasteiger partial charge in [0.1, 0.15) is 0 Å². The summed E-state index contributed by atoms with van der Waals surface area (Å²) in [7, 11) is 0. The lowest BCUT2D eigenvalue weighted by Crippen LogP contribution is -2.27. The van der Waals surface area contributed by atoms with Crippen LogP contribution in [-0.2, 0) is 9.47 Å². The SMILES string of the molecule is C.C/C=C/COCC(CCCC)(CCCC)CCCC.CCCCC(CCCC)(CCCC)COCCC. The van der Waals surface area contributed by atoms with E-state index in [9.17, 15) is 0 Å². The summed E-state index contributed by atoms with van der Waals surface area (Å²) in [6.07, 6.45) is 29.5. The lowest BCUT2D eigenvalue weighted by Gasteiger charge is -2.34. The molecule has 0 bridgehead atoms. The van der Waals surface area contributed by atoms with E-state index in [0.29, 0.717) is 10.8 Å². The van der Waals surface area contributed by atoms with Gasteiger partial charge in [0, 0.05) is 6.61 Å². The van der Waals surface area contributed by atoms with Crippen molar-refractivity contribution >= 4 is 0 Å². The molecule has 0 amide bonds. The second-order valence-electron chi connectivity index (χ2n) is 11.8. The van der Waals surface area contributed by atoms with Crippen molar-refractivity contribution in [1.82, 2.24) is 0 Å². The van der Waals surface area contributed by atoms with Crippen LogP contribution in [0, 0.1) is 10.8 Å². The van der Waals surface area contributed by atoms with Gasteiger partial charge in [-0.25, -0.2) is 0 Å². The Kier molecular flexibility index (Phi) is 34.6. The van der Waals surface area contributed by atoms with Crippen LogP contribution in [0.4, 0.5) is 0 Å². The number of hydrogen-bond donors (Lipinski definition) is 0. The van der Waals surface area contributed by atoms with Crippen molar-refractivity contribution in [3.63, 3.8) is 0 Å². The predicted molar refractivity (Wildman–Crippen MR) is 175 cm³/mol. The molecule has 0 aliphatic heterocycles. The summed E-state index contributed by atoms with van der Waals surface area (Å²) in [5.74, 6) is 0. The highest BCUT2D eigenvalue weighted by Crippen LogP contribution is 2.38. The van der Waals surface area contributed by atoms with Crippen LogP contribution in [0.5, 0.6) is 0 Å². The second-order valence-corrected chi connectivity index (χ2v) is 11.8. The first kappa shape index (κ1) is 42.1. The first-order valence-electron chi connectivity index (χ1n) is 16.8. The van der Waals surface area contributed by atoms with Gasteiger partial charge in [-0.1, -0.05) is 145 Å². The molecule has 0 unspecified atom stereocenters. The van der Waals surface area contributed by atoms with Crippen molar-refractivity contribution in [2.45, 2.75) is 185 Å². The number of hydrogen-bond acceptors (Lipinski definition) is 2. The zero-order valence-corrected chi connectivity index (χ0v) is 27.2. The van der Waals surface area contributed by atoms with Crippen molar-refractivity contribution in [2.75, 3.05) is 26.4 Å². The van der Waals surface area contributed by atoms with Gasteiger partial charge in [0.05, 0.1) is 19.8 Å². The van der Waals surface area contributed by atoms with Crippen LogP contribution < -0.4 is 0 Å². The summed E-state index contributed by atoms with van der Waals surface area (Å²) >= 11 is 0. The van der Waals surface area contributed by atoms with Crippen LogP contribution in [-0.4, -0.2) is 26.4 Å². The second kappa shape index (κ2) is 31.2. The molecule has 2 nitrogen and oxygen atoms in total. The quantitative estimate of drug-likeness (QED) is 0.0802. The van der Waals surface area contributed by atoms with Gasteiger partial charge in [-0.2, -0.15) is 0 Å². The molecule has 0 saturated carbocycles. The van der Waals surface area contributed by atoms with Crippen LogP contribution in [0.1, 0.15) is 185 Å². The number of unbranched alkanes of at least 4 members (excludes halogenated alkanes) is 6. The molecule has 0 saturated heterocycles. The first-order chi connectivity index (χ1) is 18.0. The lowest BCUT2D eigenvalue weighted by molar-refractivity contribution is 0.0228. The fraction of sp³-hybridized carbons (Fsp3) is 0.944. The fourth-order valence-corrected chi connectivity index (χ4v) is 5.37. The first-order valence-corrected chi connectivity index (χ1v) is 16.8. The predicted octanol–water partition coefficient (Wildman–Crippen LogP) is 12.7. The minimum absolute atomic E-state index is 0. The van der Waals surface area contributed by atoms with Crippen molar-refractivity contribution in [3.8, 4) is 0 Å². The van der Waals surface area contributed by atoms with Crippen LogP contribution in [0.2, 0.25) is 0 Å². The average Bonchev–Trinajstić information content (AvgIpc) is 2.92. The standard InChI is InChI=1S/C18H36O.C17H36O.CH4/c1-5-9-13-18(14-10-6-2,15-11-7-3)17-19-16-12-8-4;1-5-9-12-17(13-10-6-2,14-11-7-3)16-18-15-8-4;/h8,12H,5-7,9-11,13-17H2,1-4H3;5-16H2,1-4H3;1H4/b12-8+;;. The zero-order chi connectivity index (χ0) is 28.1. The maximum atomic E-state index is 5.94. The van der Waals surface area contributed by atoms with E-state index in [-0.39, 0.29) is 7.43 Å². The minimum atomic E-state index is 0. The third-order valence-electron chi connectivity index (χ3n) is 7.98. The Balaban J connectivity index is -0.000000629. The van der Waals surface area contributed by atoms with Gasteiger partial charge in [-0.05, 0) is 62.7 Å². The molecule has 0 N–H and O–H groups in total. The van der Waals surface area contributed by atoms with E-state index in [1.807, 2.05) is 0 Å². The van der Waals surface area contributed by atoms with Crippen LogP contribution >= 0.6 is 0 Å². The van der Waals surface area contributed by atoms with E-state index in [2.05, 4.69) is 67.5 Å². The third kappa shape index (κ3) is 23.5. The largest absolute Gasteiger partial charge is 0.381 e. The monoisotopic (exact) mass is 541 g/mol. The molecular formula is C36H76O2. The highest BCUT2D eigenvalue weighted by atomic mass is 16.5. The van der Waals surface area contributed by atoms with Crippen molar-refractivity contribution in [2.24, 2.45) is 10.8 Å². The van der Waals surface area contributed by atoms with E-state index in [1.54, 1.807) is 0 Å². The molecule has 0 aromatic carbocycles. The lowest BCUT2D eigenvalue weighted by atomic mass is 9.75. The van der Waals surface area contributed by atoms with Gasteiger partial charge < -0.3 is 9.47 Å². The molecule has 0 aliphatic carbocycles. The Labute approximate surface area is 243 Å². The Bertz CT molecular complexity index is 413. The highest BCUT2D eigenvalue weighted by molar-refractivity contribution is 4.82. The average molecular weight is 541 g/mol. The summed E-state index contributed by atoms with van der Waals surface area (Å²) in [6, 6.07) is 0.